The Morgan fingerprint density at radius 2 is 2.00 bits per heavy atom. The first-order chi connectivity index (χ1) is 4.81. The van der Waals surface area contributed by atoms with Crippen LogP contribution in [0.4, 0.5) is 0 Å². The normalized spacial score (nSPS) is 13.5. The van der Waals surface area contributed by atoms with Gasteiger partial charge in [-0.1, -0.05) is 26.2 Å². The highest BCUT2D eigenvalue weighted by molar-refractivity contribution is 4.53. The molecule has 0 amide bonds. The standard InChI is InChI=1S/C8H17O2/c1-2-3-4-5-8(10)6-7-9/h8,10H,2-7H2,1H3. The molecular weight excluding hydrogens is 128 g/mol. The number of hydrogen-bond donors (Lipinski definition) is 1. The topological polar surface area (TPSA) is 40.1 Å². The van der Waals surface area contributed by atoms with Crippen LogP contribution in [0.25, 0.3) is 0 Å². The van der Waals surface area contributed by atoms with Gasteiger partial charge in [-0.05, 0) is 12.8 Å². The maximum absolute atomic E-state index is 10.0. The predicted octanol–water partition coefficient (Wildman–Crippen LogP) is 1.75. The van der Waals surface area contributed by atoms with Crippen molar-refractivity contribution < 1.29 is 10.2 Å². The van der Waals surface area contributed by atoms with Crippen molar-refractivity contribution in [3.05, 3.63) is 0 Å². The van der Waals surface area contributed by atoms with Gasteiger partial charge in [0.2, 0.25) is 0 Å². The fraction of sp³-hybridized carbons (Fsp3) is 1.00. The third-order valence-electron chi connectivity index (χ3n) is 1.59. The van der Waals surface area contributed by atoms with Crippen LogP contribution in [-0.2, 0) is 5.11 Å². The molecule has 1 atom stereocenters. The molecule has 1 N–H and O–H groups in total. The predicted molar refractivity (Wildman–Crippen MR) is 40.3 cm³/mol. The van der Waals surface area contributed by atoms with Crippen LogP contribution in [0, 0.1) is 0 Å². The van der Waals surface area contributed by atoms with E-state index in [4.69, 9.17) is 5.11 Å². The lowest BCUT2D eigenvalue weighted by Gasteiger charge is -2.06. The van der Waals surface area contributed by atoms with Crippen molar-refractivity contribution in [2.24, 2.45) is 0 Å². The maximum atomic E-state index is 10.0. The monoisotopic (exact) mass is 145 g/mol. The first-order valence-corrected chi connectivity index (χ1v) is 4.07. The SMILES string of the molecule is CCCCCC(O)CC[O]. The van der Waals surface area contributed by atoms with Gasteiger partial charge < -0.3 is 5.11 Å². The van der Waals surface area contributed by atoms with Crippen LogP contribution in [0.15, 0.2) is 0 Å². The molecule has 0 spiro atoms. The number of aliphatic hydroxyl groups excluding tert-OH is 1. The minimum absolute atomic E-state index is 0.146. The number of aliphatic hydroxyl groups is 1. The lowest BCUT2D eigenvalue weighted by molar-refractivity contribution is 0.0967. The van der Waals surface area contributed by atoms with Gasteiger partial charge in [0.25, 0.3) is 0 Å². The average Bonchev–Trinajstić information content (AvgIpc) is 1.89. The quantitative estimate of drug-likeness (QED) is 0.568. The summed E-state index contributed by atoms with van der Waals surface area (Å²) in [6, 6.07) is 0. The van der Waals surface area contributed by atoms with Crippen LogP contribution in [0.2, 0.25) is 0 Å². The molecule has 0 aromatic rings. The molecule has 0 aromatic carbocycles. The van der Waals surface area contributed by atoms with Gasteiger partial charge in [-0.2, -0.15) is 0 Å². The summed E-state index contributed by atoms with van der Waals surface area (Å²) in [5.74, 6) is 0. The van der Waals surface area contributed by atoms with Gasteiger partial charge in [0.15, 0.2) is 0 Å². The Morgan fingerprint density at radius 3 is 2.50 bits per heavy atom. The largest absolute Gasteiger partial charge is 0.393 e. The summed E-state index contributed by atoms with van der Waals surface area (Å²) in [6.07, 6.45) is 4.27. The van der Waals surface area contributed by atoms with Crippen molar-refractivity contribution in [1.82, 2.24) is 0 Å². The molecule has 1 radical (unpaired) electrons. The Labute approximate surface area is 62.9 Å². The maximum Gasteiger partial charge on any atom is 0.0846 e. The van der Waals surface area contributed by atoms with E-state index in [1.165, 1.54) is 6.42 Å². The fourth-order valence-electron chi connectivity index (χ4n) is 0.910. The molecule has 2 nitrogen and oxygen atoms in total. The first-order valence-electron chi connectivity index (χ1n) is 4.07. The van der Waals surface area contributed by atoms with Gasteiger partial charge in [0, 0.05) is 0 Å². The molecular formula is C8H17O2. The fourth-order valence-corrected chi connectivity index (χ4v) is 0.910. The highest BCUT2D eigenvalue weighted by Crippen LogP contribution is 2.05. The first kappa shape index (κ1) is 9.92. The average molecular weight is 145 g/mol. The van der Waals surface area contributed by atoms with E-state index < -0.39 is 0 Å². The number of rotatable bonds is 6. The van der Waals surface area contributed by atoms with Gasteiger partial charge in [-0.3, -0.25) is 0 Å². The summed E-state index contributed by atoms with van der Waals surface area (Å²) < 4.78 is 0. The minimum Gasteiger partial charge on any atom is -0.393 e. The second-order valence-electron chi connectivity index (χ2n) is 2.64. The van der Waals surface area contributed by atoms with Crippen LogP contribution in [-0.4, -0.2) is 17.8 Å². The Hall–Kier alpha value is -0.0800. The van der Waals surface area contributed by atoms with Crippen LogP contribution in [0.3, 0.4) is 0 Å². The van der Waals surface area contributed by atoms with Crippen molar-refractivity contribution in [1.29, 1.82) is 0 Å². The van der Waals surface area contributed by atoms with Crippen molar-refractivity contribution in [2.45, 2.75) is 45.1 Å². The van der Waals surface area contributed by atoms with E-state index in [0.717, 1.165) is 19.3 Å². The van der Waals surface area contributed by atoms with E-state index >= 15 is 0 Å². The molecule has 1 unspecified atom stereocenters. The van der Waals surface area contributed by atoms with Crippen molar-refractivity contribution >= 4 is 0 Å². The number of unbranched alkanes of at least 4 members (excludes halogenated alkanes) is 2. The zero-order valence-electron chi connectivity index (χ0n) is 6.68. The Bertz CT molecular complexity index is 64.3. The van der Waals surface area contributed by atoms with E-state index in [1.807, 2.05) is 0 Å². The van der Waals surface area contributed by atoms with Crippen molar-refractivity contribution in [2.75, 3.05) is 6.61 Å². The summed E-state index contributed by atoms with van der Waals surface area (Å²) in [7, 11) is 0. The van der Waals surface area contributed by atoms with E-state index in [2.05, 4.69) is 6.92 Å². The molecule has 10 heavy (non-hydrogen) atoms. The zero-order chi connectivity index (χ0) is 7.82. The second-order valence-corrected chi connectivity index (χ2v) is 2.64. The van der Waals surface area contributed by atoms with Gasteiger partial charge in [-0.15, -0.1) is 0 Å². The third-order valence-corrected chi connectivity index (χ3v) is 1.59. The third kappa shape index (κ3) is 6.05. The molecule has 0 saturated heterocycles. The molecule has 0 fully saturated rings. The Balaban J connectivity index is 2.97. The molecule has 0 rings (SSSR count). The molecule has 0 saturated carbocycles. The van der Waals surface area contributed by atoms with E-state index in [1.54, 1.807) is 0 Å². The van der Waals surface area contributed by atoms with Gasteiger partial charge in [0.1, 0.15) is 0 Å². The molecule has 0 aliphatic heterocycles. The van der Waals surface area contributed by atoms with E-state index in [-0.39, 0.29) is 12.7 Å². The lowest BCUT2D eigenvalue weighted by atomic mass is 10.1. The van der Waals surface area contributed by atoms with Crippen LogP contribution in [0.5, 0.6) is 0 Å². The summed E-state index contributed by atoms with van der Waals surface area (Å²) in [5.41, 5.74) is 0. The van der Waals surface area contributed by atoms with Crippen LogP contribution >= 0.6 is 0 Å². The van der Waals surface area contributed by atoms with E-state index in [0.29, 0.717) is 6.42 Å². The van der Waals surface area contributed by atoms with Gasteiger partial charge in [0.05, 0.1) is 12.7 Å². The molecule has 0 aromatic heterocycles. The Kier molecular flexibility index (Phi) is 6.98. The lowest BCUT2D eigenvalue weighted by Crippen LogP contribution is -2.07. The summed E-state index contributed by atoms with van der Waals surface area (Å²) in [4.78, 5) is 0. The van der Waals surface area contributed by atoms with Gasteiger partial charge >= 0.3 is 0 Å². The van der Waals surface area contributed by atoms with E-state index in [9.17, 15) is 5.11 Å². The van der Waals surface area contributed by atoms with Crippen LogP contribution in [0.1, 0.15) is 39.0 Å². The minimum atomic E-state index is -0.343. The zero-order valence-corrected chi connectivity index (χ0v) is 6.68. The highest BCUT2D eigenvalue weighted by Gasteiger charge is 2.01. The van der Waals surface area contributed by atoms with Crippen LogP contribution < -0.4 is 0 Å². The Morgan fingerprint density at radius 1 is 1.30 bits per heavy atom. The molecule has 0 bridgehead atoms. The second kappa shape index (κ2) is 7.03. The summed E-state index contributed by atoms with van der Waals surface area (Å²) >= 11 is 0. The van der Waals surface area contributed by atoms with Crippen molar-refractivity contribution in [3.63, 3.8) is 0 Å². The molecule has 0 aliphatic carbocycles. The highest BCUT2D eigenvalue weighted by atomic mass is 16.3. The smallest absolute Gasteiger partial charge is 0.0846 e. The molecule has 0 heterocycles. The number of hydrogen-bond acceptors (Lipinski definition) is 1. The summed E-state index contributed by atoms with van der Waals surface area (Å²) in [5, 5.41) is 19.1. The molecule has 2 heteroatoms. The van der Waals surface area contributed by atoms with Gasteiger partial charge in [-0.25, -0.2) is 5.11 Å². The van der Waals surface area contributed by atoms with Crippen molar-refractivity contribution in [3.8, 4) is 0 Å². The molecule has 61 valence electrons. The summed E-state index contributed by atoms with van der Waals surface area (Å²) in [6.45, 7) is 1.98. The molecule has 0 aliphatic rings.